The molecule has 0 bridgehead atoms. The third-order valence-electron chi connectivity index (χ3n) is 9.93. The molecule has 0 heterocycles. The molecule has 0 aromatic rings. The highest BCUT2D eigenvalue weighted by atomic mass is 16.4. The second-order valence-electron chi connectivity index (χ2n) is 12.8. The van der Waals surface area contributed by atoms with Crippen LogP contribution < -0.4 is 0 Å². The first kappa shape index (κ1) is 25.8. The lowest BCUT2D eigenvalue weighted by Gasteiger charge is -2.57. The molecular formula is C27H43NO6. The summed E-state index contributed by atoms with van der Waals surface area (Å²) in [5.74, 6) is -0.153. The smallest absolute Gasteiger partial charge is 0.0916 e. The summed E-state index contributed by atoms with van der Waals surface area (Å²) in [7, 11) is 0. The maximum Gasteiger partial charge on any atom is 0.0916 e. The van der Waals surface area contributed by atoms with Gasteiger partial charge in [-0.15, -0.1) is 0 Å². The summed E-state index contributed by atoms with van der Waals surface area (Å²) in [4.78, 5) is 0. The molecule has 34 heavy (non-hydrogen) atoms. The second-order valence-corrected chi connectivity index (χ2v) is 12.8. The molecule has 7 unspecified atom stereocenters. The van der Waals surface area contributed by atoms with Crippen LogP contribution in [0.1, 0.15) is 79.6 Å². The van der Waals surface area contributed by atoms with E-state index in [0.717, 1.165) is 24.0 Å². The van der Waals surface area contributed by atoms with Crippen LogP contribution in [0.5, 0.6) is 0 Å². The summed E-state index contributed by atoms with van der Waals surface area (Å²) in [6.45, 7) is 9.43. The Hall–Kier alpha value is -1.25. The number of oxime groups is 1. The fraction of sp³-hybridized carbons (Fsp3) is 0.815. The highest BCUT2D eigenvalue weighted by molar-refractivity contribution is 5.99. The SMILES string of the molecule is CC(C)(O)CCC(O)C(C)(O)C1CC=C2C3=CC(=NO)C4CC(O)C(O)C[C@]4(C)C3CC[C@@]21C. The molecule has 0 aromatic heterocycles. The van der Waals surface area contributed by atoms with Crippen LogP contribution >= 0.6 is 0 Å². The van der Waals surface area contributed by atoms with Crippen LogP contribution in [0.4, 0.5) is 0 Å². The lowest BCUT2D eigenvalue weighted by Crippen LogP contribution is -2.56. The number of rotatable bonds is 5. The van der Waals surface area contributed by atoms with Gasteiger partial charge in [-0.2, -0.15) is 0 Å². The molecule has 4 rings (SSSR count). The Morgan fingerprint density at radius 2 is 1.79 bits per heavy atom. The third-order valence-corrected chi connectivity index (χ3v) is 9.93. The van der Waals surface area contributed by atoms with Crippen LogP contribution in [0.25, 0.3) is 0 Å². The summed E-state index contributed by atoms with van der Waals surface area (Å²) < 4.78 is 0. The van der Waals surface area contributed by atoms with Crippen LogP contribution in [-0.2, 0) is 0 Å². The molecule has 7 nitrogen and oxygen atoms in total. The number of fused-ring (bicyclic) bond motifs is 5. The minimum atomic E-state index is -1.33. The number of nitrogens with zero attached hydrogens (tertiary/aromatic N) is 1. The van der Waals surface area contributed by atoms with Gasteiger partial charge in [0, 0.05) is 11.8 Å². The van der Waals surface area contributed by atoms with E-state index in [-0.39, 0.29) is 28.6 Å². The van der Waals surface area contributed by atoms with Gasteiger partial charge in [-0.1, -0.05) is 25.1 Å². The van der Waals surface area contributed by atoms with E-state index in [1.54, 1.807) is 20.8 Å². The Labute approximate surface area is 202 Å². The standard InChI is InChI=1S/C27H43NO6/c1-24(2,32)10-9-23(31)27(5,33)22-7-6-16-15-12-19(28-34)18-13-20(29)21(30)14-26(18,4)17(15)8-11-25(16,22)3/h6,12,17-18,20-23,29-34H,7-11,13-14H2,1-5H3/t17?,18?,20?,21?,22?,23?,25-,26+,27?/m0/s1. The van der Waals surface area contributed by atoms with Gasteiger partial charge < -0.3 is 30.7 Å². The number of aliphatic hydroxyl groups excluding tert-OH is 3. The van der Waals surface area contributed by atoms with Crippen molar-refractivity contribution in [3.05, 3.63) is 23.3 Å². The van der Waals surface area contributed by atoms with Crippen LogP contribution in [0, 0.1) is 28.6 Å². The van der Waals surface area contributed by atoms with E-state index in [9.17, 15) is 30.7 Å². The first-order valence-electron chi connectivity index (χ1n) is 12.8. The average molecular weight is 478 g/mol. The van der Waals surface area contributed by atoms with Gasteiger partial charge >= 0.3 is 0 Å². The summed E-state index contributed by atoms with van der Waals surface area (Å²) in [5.41, 5.74) is -0.123. The molecule has 2 saturated carbocycles. The Kier molecular flexibility index (Phi) is 6.39. The lowest BCUT2D eigenvalue weighted by molar-refractivity contribution is -0.134. The van der Waals surface area contributed by atoms with Gasteiger partial charge in [-0.05, 0) is 99.7 Å². The topological polar surface area (TPSA) is 134 Å². The minimum Gasteiger partial charge on any atom is -0.411 e. The molecule has 9 atom stereocenters. The largest absolute Gasteiger partial charge is 0.411 e. The van der Waals surface area contributed by atoms with Gasteiger partial charge in [0.2, 0.25) is 0 Å². The predicted molar refractivity (Wildman–Crippen MR) is 129 cm³/mol. The minimum absolute atomic E-state index is 0.126. The summed E-state index contributed by atoms with van der Waals surface area (Å²) in [6.07, 6.45) is 5.41. The molecule has 0 aliphatic heterocycles. The van der Waals surface area contributed by atoms with Crippen LogP contribution in [-0.4, -0.2) is 66.0 Å². The molecule has 7 heteroatoms. The van der Waals surface area contributed by atoms with Crippen molar-refractivity contribution in [3.8, 4) is 0 Å². The molecule has 0 spiro atoms. The van der Waals surface area contributed by atoms with Crippen LogP contribution in [0.2, 0.25) is 0 Å². The van der Waals surface area contributed by atoms with Crippen molar-refractivity contribution in [3.63, 3.8) is 0 Å². The van der Waals surface area contributed by atoms with E-state index in [1.807, 2.05) is 6.08 Å². The van der Waals surface area contributed by atoms with Crippen molar-refractivity contribution in [1.29, 1.82) is 0 Å². The van der Waals surface area contributed by atoms with Crippen LogP contribution in [0.15, 0.2) is 28.5 Å². The van der Waals surface area contributed by atoms with E-state index in [4.69, 9.17) is 0 Å². The lowest BCUT2D eigenvalue weighted by atomic mass is 9.47. The Balaban J connectivity index is 1.65. The number of allylic oxidation sites excluding steroid dienone is 4. The first-order chi connectivity index (χ1) is 15.6. The zero-order valence-corrected chi connectivity index (χ0v) is 21.2. The molecule has 4 aliphatic rings. The Bertz CT molecular complexity index is 901. The van der Waals surface area contributed by atoms with Crippen LogP contribution in [0.3, 0.4) is 0 Å². The molecule has 0 amide bonds. The summed E-state index contributed by atoms with van der Waals surface area (Å²) in [5, 5.41) is 66.9. The highest BCUT2D eigenvalue weighted by Crippen LogP contribution is 2.65. The van der Waals surface area contributed by atoms with Gasteiger partial charge in [0.25, 0.3) is 0 Å². The van der Waals surface area contributed by atoms with Gasteiger partial charge in [0.05, 0.1) is 35.2 Å². The van der Waals surface area contributed by atoms with E-state index < -0.39 is 29.5 Å². The van der Waals surface area contributed by atoms with Gasteiger partial charge in [0.15, 0.2) is 0 Å². The monoisotopic (exact) mass is 477 g/mol. The Morgan fingerprint density at radius 1 is 1.12 bits per heavy atom. The van der Waals surface area contributed by atoms with Gasteiger partial charge in [-0.25, -0.2) is 0 Å². The maximum absolute atomic E-state index is 11.6. The highest BCUT2D eigenvalue weighted by Gasteiger charge is 2.60. The summed E-state index contributed by atoms with van der Waals surface area (Å²) in [6, 6.07) is 0. The molecule has 0 radical (unpaired) electrons. The molecule has 6 N–H and O–H groups in total. The zero-order valence-electron chi connectivity index (χ0n) is 21.2. The Morgan fingerprint density at radius 3 is 2.41 bits per heavy atom. The second kappa shape index (κ2) is 8.41. The van der Waals surface area contributed by atoms with Crippen molar-refractivity contribution in [1.82, 2.24) is 0 Å². The number of hydrogen-bond donors (Lipinski definition) is 6. The summed E-state index contributed by atoms with van der Waals surface area (Å²) >= 11 is 0. The van der Waals surface area contributed by atoms with E-state index in [0.29, 0.717) is 37.8 Å². The molecule has 0 aromatic carbocycles. The fourth-order valence-corrected chi connectivity index (χ4v) is 7.82. The van der Waals surface area contributed by atoms with Crippen molar-refractivity contribution < 1.29 is 30.7 Å². The predicted octanol–water partition coefficient (Wildman–Crippen LogP) is 2.92. The molecule has 4 aliphatic carbocycles. The molecule has 2 fully saturated rings. The average Bonchev–Trinajstić information content (AvgIpc) is 3.10. The quantitative estimate of drug-likeness (QED) is 0.266. The van der Waals surface area contributed by atoms with Crippen molar-refractivity contribution in [2.45, 2.75) is 109 Å². The van der Waals surface area contributed by atoms with Gasteiger partial charge in [0.1, 0.15) is 0 Å². The van der Waals surface area contributed by atoms with Crippen molar-refractivity contribution >= 4 is 5.71 Å². The number of aliphatic hydroxyl groups is 5. The number of hydrogen-bond acceptors (Lipinski definition) is 7. The first-order valence-corrected chi connectivity index (χ1v) is 12.8. The molecular weight excluding hydrogens is 434 g/mol. The van der Waals surface area contributed by atoms with Gasteiger partial charge in [-0.3, -0.25) is 0 Å². The van der Waals surface area contributed by atoms with E-state index >= 15 is 0 Å². The van der Waals surface area contributed by atoms with E-state index in [2.05, 4.69) is 25.1 Å². The van der Waals surface area contributed by atoms with Crippen molar-refractivity contribution in [2.24, 2.45) is 33.7 Å². The fourth-order valence-electron chi connectivity index (χ4n) is 7.82. The molecule has 192 valence electrons. The van der Waals surface area contributed by atoms with E-state index in [1.165, 1.54) is 0 Å². The zero-order chi connectivity index (χ0) is 25.3. The maximum atomic E-state index is 11.6. The third kappa shape index (κ3) is 3.97. The normalized spacial score (nSPS) is 43.8. The molecule has 0 saturated heterocycles. The van der Waals surface area contributed by atoms with Crippen molar-refractivity contribution in [2.75, 3.05) is 0 Å².